The van der Waals surface area contributed by atoms with E-state index in [-0.39, 0.29) is 12.6 Å². The van der Waals surface area contributed by atoms with Crippen LogP contribution in [0.1, 0.15) is 5.56 Å². The molecule has 1 aliphatic heterocycles. The highest BCUT2D eigenvalue weighted by molar-refractivity contribution is 9.10. The van der Waals surface area contributed by atoms with E-state index in [1.165, 1.54) is 0 Å². The molecule has 0 fully saturated rings. The first-order chi connectivity index (χ1) is 9.20. The Bertz CT molecular complexity index is 525. The van der Waals surface area contributed by atoms with Gasteiger partial charge in [0.1, 0.15) is 13.2 Å². The number of amides is 2. The fraction of sp³-hybridized carbons (Fsp3) is 0.308. The van der Waals surface area contributed by atoms with Crippen molar-refractivity contribution in [2.24, 2.45) is 0 Å². The van der Waals surface area contributed by atoms with Crippen LogP contribution in [0.4, 0.5) is 4.79 Å². The molecule has 19 heavy (non-hydrogen) atoms. The summed E-state index contributed by atoms with van der Waals surface area (Å²) in [5, 5.41) is 5.23. The topological polar surface area (TPSA) is 59.6 Å². The van der Waals surface area contributed by atoms with E-state index >= 15 is 0 Å². The van der Waals surface area contributed by atoms with E-state index < -0.39 is 0 Å². The van der Waals surface area contributed by atoms with Gasteiger partial charge in [0.2, 0.25) is 0 Å². The average molecular weight is 325 g/mol. The number of halogens is 1. The molecule has 1 aromatic rings. The standard InChI is InChI=1S/C13H13BrN2O3/c1-2-3-15-13(17)16-8-9-6-10(14)12-11(7-9)18-4-5-19-12/h1,6-7H,3-5,8H2,(H2,15,16,17). The second-order valence-electron chi connectivity index (χ2n) is 3.84. The van der Waals surface area contributed by atoms with Crippen LogP contribution in [-0.2, 0) is 6.54 Å². The summed E-state index contributed by atoms with van der Waals surface area (Å²) in [6.07, 6.45) is 5.05. The average Bonchev–Trinajstić information content (AvgIpc) is 2.43. The van der Waals surface area contributed by atoms with E-state index in [4.69, 9.17) is 15.9 Å². The Morgan fingerprint density at radius 3 is 2.95 bits per heavy atom. The van der Waals surface area contributed by atoms with Crippen molar-refractivity contribution in [2.75, 3.05) is 19.8 Å². The van der Waals surface area contributed by atoms with Gasteiger partial charge in [-0.05, 0) is 33.6 Å². The van der Waals surface area contributed by atoms with Gasteiger partial charge >= 0.3 is 6.03 Å². The highest BCUT2D eigenvalue weighted by atomic mass is 79.9. The number of carbonyl (C=O) groups excluding carboxylic acids is 1. The van der Waals surface area contributed by atoms with Crippen LogP contribution in [-0.4, -0.2) is 25.8 Å². The number of nitrogens with one attached hydrogen (secondary N) is 2. The van der Waals surface area contributed by atoms with Crippen LogP contribution in [0.2, 0.25) is 0 Å². The highest BCUT2D eigenvalue weighted by Gasteiger charge is 2.16. The largest absolute Gasteiger partial charge is 0.486 e. The predicted octanol–water partition coefficient (Wildman–Crippen LogP) is 1.65. The Balaban J connectivity index is 2.00. The van der Waals surface area contributed by atoms with Gasteiger partial charge < -0.3 is 20.1 Å². The fourth-order valence-electron chi connectivity index (χ4n) is 1.64. The Hall–Kier alpha value is -1.87. The molecule has 2 rings (SSSR count). The zero-order valence-corrected chi connectivity index (χ0v) is 11.7. The quantitative estimate of drug-likeness (QED) is 0.831. The van der Waals surface area contributed by atoms with Gasteiger partial charge in [0.15, 0.2) is 11.5 Å². The maximum Gasteiger partial charge on any atom is 0.315 e. The van der Waals surface area contributed by atoms with Crippen LogP contribution in [0.3, 0.4) is 0 Å². The Morgan fingerprint density at radius 2 is 2.16 bits per heavy atom. The lowest BCUT2D eigenvalue weighted by molar-refractivity contribution is 0.170. The van der Waals surface area contributed by atoms with Crippen molar-refractivity contribution in [1.82, 2.24) is 10.6 Å². The van der Waals surface area contributed by atoms with E-state index in [9.17, 15) is 4.79 Å². The SMILES string of the molecule is C#CCNC(=O)NCc1cc(Br)c2c(c1)OCCO2. The zero-order chi connectivity index (χ0) is 13.7. The second-order valence-corrected chi connectivity index (χ2v) is 4.70. The lowest BCUT2D eigenvalue weighted by Gasteiger charge is -2.20. The van der Waals surface area contributed by atoms with E-state index in [1.54, 1.807) is 0 Å². The van der Waals surface area contributed by atoms with Gasteiger partial charge in [0, 0.05) is 6.54 Å². The number of benzene rings is 1. The number of rotatable bonds is 3. The molecule has 1 aromatic carbocycles. The van der Waals surface area contributed by atoms with Crippen LogP contribution >= 0.6 is 15.9 Å². The van der Waals surface area contributed by atoms with Gasteiger partial charge in [-0.2, -0.15) is 0 Å². The normalized spacial score (nSPS) is 12.4. The Kier molecular flexibility index (Phi) is 4.53. The number of urea groups is 1. The number of carbonyl (C=O) groups is 1. The molecule has 0 unspecified atom stereocenters. The van der Waals surface area contributed by atoms with Crippen molar-refractivity contribution >= 4 is 22.0 Å². The first-order valence-electron chi connectivity index (χ1n) is 5.74. The Labute approximate surface area is 119 Å². The second kappa shape index (κ2) is 6.34. The molecule has 0 radical (unpaired) electrons. The van der Waals surface area contributed by atoms with Crippen LogP contribution in [0.5, 0.6) is 11.5 Å². The van der Waals surface area contributed by atoms with Crippen molar-refractivity contribution < 1.29 is 14.3 Å². The summed E-state index contributed by atoms with van der Waals surface area (Å²) < 4.78 is 11.8. The molecule has 0 aliphatic carbocycles. The molecule has 2 amide bonds. The van der Waals surface area contributed by atoms with Crippen molar-refractivity contribution in [2.45, 2.75) is 6.54 Å². The summed E-state index contributed by atoms with van der Waals surface area (Å²) in [4.78, 5) is 11.4. The molecular formula is C13H13BrN2O3. The van der Waals surface area contributed by atoms with Gasteiger partial charge in [-0.1, -0.05) is 5.92 Å². The van der Waals surface area contributed by atoms with Crippen molar-refractivity contribution in [3.05, 3.63) is 22.2 Å². The van der Waals surface area contributed by atoms with Crippen LogP contribution in [0.15, 0.2) is 16.6 Å². The smallest absolute Gasteiger partial charge is 0.315 e. The number of hydrogen-bond donors (Lipinski definition) is 2. The summed E-state index contributed by atoms with van der Waals surface area (Å²) in [6.45, 7) is 1.65. The zero-order valence-electron chi connectivity index (χ0n) is 10.2. The minimum atomic E-state index is -0.302. The minimum absolute atomic E-state index is 0.205. The van der Waals surface area contributed by atoms with E-state index in [1.807, 2.05) is 12.1 Å². The van der Waals surface area contributed by atoms with E-state index in [2.05, 4.69) is 32.5 Å². The first-order valence-corrected chi connectivity index (χ1v) is 6.53. The molecule has 0 saturated heterocycles. The molecule has 0 atom stereocenters. The monoisotopic (exact) mass is 324 g/mol. The molecule has 1 aliphatic rings. The van der Waals surface area contributed by atoms with Gasteiger partial charge in [-0.25, -0.2) is 4.79 Å². The third-order valence-corrected chi connectivity index (χ3v) is 3.05. The third-order valence-electron chi connectivity index (χ3n) is 2.46. The molecule has 0 saturated carbocycles. The summed E-state index contributed by atoms with van der Waals surface area (Å²) in [5.41, 5.74) is 0.909. The van der Waals surface area contributed by atoms with Crippen molar-refractivity contribution in [3.8, 4) is 23.8 Å². The van der Waals surface area contributed by atoms with Crippen LogP contribution < -0.4 is 20.1 Å². The molecule has 0 spiro atoms. The summed E-state index contributed by atoms with van der Waals surface area (Å²) in [7, 11) is 0. The van der Waals surface area contributed by atoms with Crippen LogP contribution in [0, 0.1) is 12.3 Å². The Morgan fingerprint density at radius 1 is 1.37 bits per heavy atom. The van der Waals surface area contributed by atoms with Crippen molar-refractivity contribution in [1.29, 1.82) is 0 Å². The van der Waals surface area contributed by atoms with Crippen molar-refractivity contribution in [3.63, 3.8) is 0 Å². The molecule has 2 N–H and O–H groups in total. The lowest BCUT2D eigenvalue weighted by Crippen LogP contribution is -2.35. The summed E-state index contributed by atoms with van der Waals surface area (Å²) >= 11 is 3.42. The van der Waals surface area contributed by atoms with Gasteiger partial charge in [0.25, 0.3) is 0 Å². The molecule has 1 heterocycles. The summed E-state index contributed by atoms with van der Waals surface area (Å²) in [6, 6.07) is 3.43. The molecular weight excluding hydrogens is 312 g/mol. The number of ether oxygens (including phenoxy) is 2. The maximum atomic E-state index is 11.4. The molecule has 6 heteroatoms. The van der Waals surface area contributed by atoms with Crippen LogP contribution in [0.25, 0.3) is 0 Å². The number of hydrogen-bond acceptors (Lipinski definition) is 3. The van der Waals surface area contributed by atoms with E-state index in [0.717, 1.165) is 10.0 Å². The molecule has 0 bridgehead atoms. The summed E-state index contributed by atoms with van der Waals surface area (Å²) in [5.74, 6) is 3.71. The van der Waals surface area contributed by atoms with Gasteiger partial charge in [0.05, 0.1) is 11.0 Å². The fourth-order valence-corrected chi connectivity index (χ4v) is 2.25. The van der Waals surface area contributed by atoms with E-state index in [0.29, 0.717) is 31.3 Å². The number of terminal acetylenes is 1. The predicted molar refractivity (Wildman–Crippen MR) is 74.2 cm³/mol. The maximum absolute atomic E-state index is 11.4. The van der Waals surface area contributed by atoms with Gasteiger partial charge in [-0.15, -0.1) is 6.42 Å². The minimum Gasteiger partial charge on any atom is -0.486 e. The highest BCUT2D eigenvalue weighted by Crippen LogP contribution is 2.38. The molecule has 0 aromatic heterocycles. The molecule has 100 valence electrons. The first kappa shape index (κ1) is 13.6. The lowest BCUT2D eigenvalue weighted by atomic mass is 10.2. The molecule has 5 nitrogen and oxygen atoms in total. The number of fused-ring (bicyclic) bond motifs is 1. The van der Waals surface area contributed by atoms with Gasteiger partial charge in [-0.3, -0.25) is 0 Å². The third kappa shape index (κ3) is 3.55.